The minimum absolute atomic E-state index is 0.00113. The molecule has 0 unspecified atom stereocenters. The number of hydrogen-bond acceptors (Lipinski definition) is 8. The van der Waals surface area contributed by atoms with Crippen LogP contribution in [0.4, 0.5) is 0 Å². The minimum atomic E-state index is -0.709. The second kappa shape index (κ2) is 20.8. The predicted octanol–water partition coefficient (Wildman–Crippen LogP) is 17.0. The van der Waals surface area contributed by atoms with Crippen molar-refractivity contribution in [2.75, 3.05) is 0 Å². The zero-order valence-electron chi connectivity index (χ0n) is 53.4. The summed E-state index contributed by atoms with van der Waals surface area (Å²) in [4.78, 5) is 64.3. The summed E-state index contributed by atoms with van der Waals surface area (Å²) in [7, 11) is 0. The molecule has 0 aliphatic heterocycles. The molecule has 0 N–H and O–H groups in total. The quantitative estimate of drug-likeness (QED) is 0.0711. The summed E-state index contributed by atoms with van der Waals surface area (Å²) in [6, 6.07) is 44.8. The van der Waals surface area contributed by atoms with Gasteiger partial charge < -0.3 is 18.9 Å². The van der Waals surface area contributed by atoms with Crippen LogP contribution in [0.1, 0.15) is 198 Å². The highest BCUT2D eigenvalue weighted by Gasteiger charge is 2.71. The van der Waals surface area contributed by atoms with Crippen LogP contribution < -0.4 is 0 Å². The topological polar surface area (TPSA) is 105 Å². The first-order valence-corrected chi connectivity index (χ1v) is 32.9. The van der Waals surface area contributed by atoms with Gasteiger partial charge in [0.15, 0.2) is 0 Å². The highest BCUT2D eigenvalue weighted by molar-refractivity contribution is 6.10. The number of carbonyl (C=O) groups excluding carboxylic acids is 4. The van der Waals surface area contributed by atoms with E-state index in [9.17, 15) is 0 Å². The number of hydrogen-bond donors (Lipinski definition) is 0. The molecule has 0 heterocycles. The molecule has 0 spiro atoms. The number of benzene rings is 5. The lowest BCUT2D eigenvalue weighted by Crippen LogP contribution is -2.43. The van der Waals surface area contributed by atoms with Crippen molar-refractivity contribution in [2.24, 2.45) is 90.7 Å². The normalized spacial score (nSPS) is 36.7. The number of carbonyl (C=O) groups is 4. The average Bonchev–Trinajstić information content (AvgIpc) is 1.57. The summed E-state index contributed by atoms with van der Waals surface area (Å²) in [6.07, 6.45) is 8.50. The van der Waals surface area contributed by atoms with Crippen LogP contribution in [0.3, 0.4) is 0 Å². The van der Waals surface area contributed by atoms with E-state index in [2.05, 4.69) is 180 Å². The summed E-state index contributed by atoms with van der Waals surface area (Å²) in [5, 5.41) is 0. The molecular weight excluding hydrogens is 1060 g/mol. The van der Waals surface area contributed by atoms with Gasteiger partial charge in [-0.2, -0.15) is 0 Å². The van der Waals surface area contributed by atoms with Crippen molar-refractivity contribution in [1.29, 1.82) is 0 Å². The fourth-order valence-electron chi connectivity index (χ4n) is 21.4. The second-order valence-corrected chi connectivity index (χ2v) is 31.8. The van der Waals surface area contributed by atoms with Gasteiger partial charge in [-0.05, 0) is 157 Å². The SMILES string of the molecule is CC1(C)[C@H]2CC[C@]1(C)[C@@H](OC(=O)c1cc(C(=O)O[C@H]3[C@@H](Cc4ccccc4)[C@@H]4CC[C@@]3(C)C4(C)C)c(C(=O)O[C@H]3[C@@H](Cc4ccccc4)[C@@H]4CC[C@@]3(C)C4(C)C)cc1C(=O)O[C@H]1[C@@H](Cc3ccccc3)[C@@H]3CC[C@@]1(C)C3(C)C)[C@H]2Cc1ccccc1. The highest BCUT2D eigenvalue weighted by Crippen LogP contribution is 2.73. The van der Waals surface area contributed by atoms with Crippen LogP contribution in [-0.4, -0.2) is 48.3 Å². The lowest BCUT2D eigenvalue weighted by molar-refractivity contribution is -0.0450. The Morgan fingerprint density at radius 3 is 0.686 bits per heavy atom. The van der Waals surface area contributed by atoms with E-state index in [1.54, 1.807) is 0 Å². The molecule has 8 aliphatic rings. The summed E-state index contributed by atoms with van der Waals surface area (Å²) < 4.78 is 28.3. The van der Waals surface area contributed by atoms with Gasteiger partial charge in [0.1, 0.15) is 24.4 Å². The van der Waals surface area contributed by atoms with Gasteiger partial charge in [-0.1, -0.05) is 204 Å². The maximum Gasteiger partial charge on any atom is 0.339 e. The fourth-order valence-corrected chi connectivity index (χ4v) is 21.4. The Hall–Kier alpha value is -6.02. The molecule has 8 aliphatic carbocycles. The van der Waals surface area contributed by atoms with Crippen LogP contribution in [0, 0.1) is 90.7 Å². The maximum atomic E-state index is 16.1. The Kier molecular flexibility index (Phi) is 14.3. The Balaban J connectivity index is 0.951. The third-order valence-electron chi connectivity index (χ3n) is 27.9. The molecule has 13 rings (SSSR count). The average molecular weight is 1160 g/mol. The first-order valence-electron chi connectivity index (χ1n) is 32.9. The van der Waals surface area contributed by atoms with Crippen LogP contribution in [-0.2, 0) is 44.6 Å². The summed E-state index contributed by atoms with van der Waals surface area (Å²) in [5.41, 5.74) is 2.15. The lowest BCUT2D eigenvalue weighted by atomic mass is 9.70. The molecule has 0 saturated heterocycles. The van der Waals surface area contributed by atoms with E-state index in [0.29, 0.717) is 0 Å². The van der Waals surface area contributed by atoms with Gasteiger partial charge >= 0.3 is 23.9 Å². The number of rotatable bonds is 16. The monoisotopic (exact) mass is 1160 g/mol. The van der Waals surface area contributed by atoms with E-state index in [1.165, 1.54) is 34.4 Å². The van der Waals surface area contributed by atoms with E-state index in [1.807, 2.05) is 24.3 Å². The van der Waals surface area contributed by atoms with Gasteiger partial charge in [0.25, 0.3) is 0 Å². The Labute approximate surface area is 512 Å². The predicted molar refractivity (Wildman–Crippen MR) is 336 cm³/mol. The fraction of sp³-hybridized carbons (Fsp3) is 0.564. The van der Waals surface area contributed by atoms with Crippen LogP contribution in [0.2, 0.25) is 0 Å². The first kappa shape index (κ1) is 59.0. The Bertz CT molecular complexity index is 2970. The van der Waals surface area contributed by atoms with E-state index in [4.69, 9.17) is 18.9 Å². The zero-order chi connectivity index (χ0) is 60.7. The molecule has 8 nitrogen and oxygen atoms in total. The Morgan fingerprint density at radius 1 is 0.314 bits per heavy atom. The molecule has 0 radical (unpaired) electrons. The molecule has 8 fully saturated rings. The third-order valence-corrected chi connectivity index (χ3v) is 27.9. The Morgan fingerprint density at radius 2 is 0.500 bits per heavy atom. The van der Waals surface area contributed by atoms with Crippen molar-refractivity contribution in [3.8, 4) is 0 Å². The van der Waals surface area contributed by atoms with Crippen molar-refractivity contribution in [2.45, 2.75) is 185 Å². The van der Waals surface area contributed by atoms with E-state index >= 15 is 19.2 Å². The summed E-state index contributed by atoms with van der Waals surface area (Å²) in [5.74, 6) is -1.73. The van der Waals surface area contributed by atoms with Gasteiger partial charge in [0, 0.05) is 45.3 Å². The van der Waals surface area contributed by atoms with E-state index in [-0.39, 0.29) is 113 Å². The molecule has 8 saturated carbocycles. The van der Waals surface area contributed by atoms with Crippen LogP contribution in [0.15, 0.2) is 133 Å². The van der Waals surface area contributed by atoms with Gasteiger partial charge in [0.2, 0.25) is 0 Å². The van der Waals surface area contributed by atoms with Gasteiger partial charge in [0.05, 0.1) is 22.3 Å². The molecule has 8 heteroatoms. The molecule has 454 valence electrons. The third kappa shape index (κ3) is 8.74. The van der Waals surface area contributed by atoms with Gasteiger partial charge in [-0.25, -0.2) is 19.2 Å². The first-order chi connectivity index (χ1) is 40.8. The van der Waals surface area contributed by atoms with Gasteiger partial charge in [-0.15, -0.1) is 0 Å². The molecule has 0 amide bonds. The molecule has 16 atom stereocenters. The zero-order valence-corrected chi connectivity index (χ0v) is 53.4. The maximum absolute atomic E-state index is 16.1. The molecule has 0 aromatic heterocycles. The molecule has 5 aromatic carbocycles. The molecule has 5 aromatic rings. The van der Waals surface area contributed by atoms with Crippen molar-refractivity contribution in [3.05, 3.63) is 178 Å². The van der Waals surface area contributed by atoms with Crippen LogP contribution in [0.25, 0.3) is 0 Å². The number of ether oxygens (including phenoxy) is 4. The highest BCUT2D eigenvalue weighted by atomic mass is 16.6. The van der Waals surface area contributed by atoms with Crippen molar-refractivity contribution in [1.82, 2.24) is 0 Å². The smallest absolute Gasteiger partial charge is 0.339 e. The molecule has 8 bridgehead atoms. The number of esters is 4. The second-order valence-electron chi connectivity index (χ2n) is 31.8. The lowest BCUT2D eigenvalue weighted by Gasteiger charge is -2.40. The van der Waals surface area contributed by atoms with E-state index < -0.39 is 48.3 Å². The van der Waals surface area contributed by atoms with Crippen LogP contribution >= 0.6 is 0 Å². The van der Waals surface area contributed by atoms with Crippen molar-refractivity contribution >= 4 is 23.9 Å². The number of fused-ring (bicyclic) bond motifs is 8. The van der Waals surface area contributed by atoms with Crippen molar-refractivity contribution in [3.63, 3.8) is 0 Å². The summed E-state index contributed by atoms with van der Waals surface area (Å²) in [6.45, 7) is 27.6. The largest absolute Gasteiger partial charge is 0.458 e. The minimum Gasteiger partial charge on any atom is -0.458 e. The van der Waals surface area contributed by atoms with Gasteiger partial charge in [-0.3, -0.25) is 0 Å². The molecule has 86 heavy (non-hydrogen) atoms. The van der Waals surface area contributed by atoms with Crippen molar-refractivity contribution < 1.29 is 38.1 Å². The molecular formula is C78H94O8. The standard InChI is InChI=1S/C78H94O8/c1-71(2)59-33-37-75(71,9)63(55(59)41-47-25-17-13-18-26-47)83-67(79)51-45-53(69(81)85-65-57(43-49-29-21-15-22-30-49)61-35-39-77(65,11)73(61,5)6)54(70(82)86-66-58(44-50-31-23-16-24-32-50)62-36-40-78(66,12)74(62,7)8)46-52(51)68(80)84-64-56(42-48-27-19-14-20-28-48)60-34-38-76(64,10)72(60,3)4/h13-32,45-46,55-66H,33-44H2,1-12H3/t55-,56-,57-,58-,59-,60-,61-,62-,63-,64-,65-,66-,75+,76+,77+,78+/m0/s1. The van der Waals surface area contributed by atoms with Crippen LogP contribution in [0.5, 0.6) is 0 Å². The van der Waals surface area contributed by atoms with E-state index in [0.717, 1.165) is 77.0 Å². The summed E-state index contributed by atoms with van der Waals surface area (Å²) >= 11 is 0.